The molecule has 2 atom stereocenters. The van der Waals surface area contributed by atoms with E-state index >= 15 is 0 Å². The van der Waals surface area contributed by atoms with E-state index in [0.717, 1.165) is 13.1 Å². The second-order valence-corrected chi connectivity index (χ2v) is 5.63. The van der Waals surface area contributed by atoms with Crippen LogP contribution in [0.25, 0.3) is 0 Å². The van der Waals surface area contributed by atoms with Gasteiger partial charge in [-0.25, -0.2) is 0 Å². The van der Waals surface area contributed by atoms with Crippen molar-refractivity contribution >= 4 is 0 Å². The Kier molecular flexibility index (Phi) is 7.82. The monoisotopic (exact) mass is 258 g/mol. The van der Waals surface area contributed by atoms with Crippen LogP contribution in [0.15, 0.2) is 0 Å². The topological polar surface area (TPSA) is 46.9 Å². The molecule has 0 aromatic heterocycles. The molecule has 2 N–H and O–H groups in total. The molecule has 2 aliphatic rings. The molecule has 0 aromatic carbocycles. The number of hydrogen-bond donors (Lipinski definition) is 2. The first-order chi connectivity index (χ1) is 8.69. The SMILES string of the molecule is CN1CCCCC1CO.CN1CCCC[C@H]1CO. The standard InChI is InChI=1S/2C7H15NO/c2*1-8-5-3-2-4-7(8)6-9/h2*7,9H,2-6H2,1H3/t7-;/m0./s1. The van der Waals surface area contributed by atoms with Gasteiger partial charge in [-0.05, 0) is 52.9 Å². The molecular weight excluding hydrogens is 228 g/mol. The van der Waals surface area contributed by atoms with E-state index in [1.165, 1.54) is 38.5 Å². The highest BCUT2D eigenvalue weighted by Crippen LogP contribution is 2.14. The molecule has 0 saturated carbocycles. The van der Waals surface area contributed by atoms with E-state index < -0.39 is 0 Å². The number of likely N-dealkylation sites (N-methyl/N-ethyl adjacent to an activating group) is 2. The van der Waals surface area contributed by atoms with Gasteiger partial charge in [0, 0.05) is 12.1 Å². The summed E-state index contributed by atoms with van der Waals surface area (Å²) in [4.78, 5) is 4.48. The normalized spacial score (nSPS) is 30.7. The zero-order valence-electron chi connectivity index (χ0n) is 12.0. The van der Waals surface area contributed by atoms with Crippen molar-refractivity contribution in [2.45, 2.75) is 50.6 Å². The second-order valence-electron chi connectivity index (χ2n) is 5.63. The molecule has 0 amide bonds. The van der Waals surface area contributed by atoms with Gasteiger partial charge in [0.15, 0.2) is 0 Å². The lowest BCUT2D eigenvalue weighted by Crippen LogP contribution is -2.38. The lowest BCUT2D eigenvalue weighted by molar-refractivity contribution is 0.114. The van der Waals surface area contributed by atoms with Gasteiger partial charge in [-0.2, -0.15) is 0 Å². The lowest BCUT2D eigenvalue weighted by Gasteiger charge is -2.30. The van der Waals surface area contributed by atoms with Crippen LogP contribution < -0.4 is 0 Å². The van der Waals surface area contributed by atoms with E-state index in [4.69, 9.17) is 10.2 Å². The van der Waals surface area contributed by atoms with Crippen molar-refractivity contribution in [2.75, 3.05) is 40.4 Å². The molecule has 0 aliphatic carbocycles. The van der Waals surface area contributed by atoms with E-state index in [2.05, 4.69) is 23.9 Å². The van der Waals surface area contributed by atoms with E-state index in [-0.39, 0.29) is 0 Å². The van der Waals surface area contributed by atoms with Gasteiger partial charge in [0.25, 0.3) is 0 Å². The maximum atomic E-state index is 8.82. The molecule has 0 bridgehead atoms. The fourth-order valence-corrected chi connectivity index (χ4v) is 2.75. The van der Waals surface area contributed by atoms with Crippen LogP contribution in [0.1, 0.15) is 38.5 Å². The Hall–Kier alpha value is -0.160. The first-order valence-electron chi connectivity index (χ1n) is 7.31. The predicted molar refractivity (Wildman–Crippen MR) is 74.7 cm³/mol. The van der Waals surface area contributed by atoms with Crippen molar-refractivity contribution in [1.29, 1.82) is 0 Å². The Balaban J connectivity index is 0.000000180. The number of hydrogen-bond acceptors (Lipinski definition) is 4. The summed E-state index contributed by atoms with van der Waals surface area (Å²) >= 11 is 0. The van der Waals surface area contributed by atoms with Crippen LogP contribution >= 0.6 is 0 Å². The van der Waals surface area contributed by atoms with Crippen LogP contribution in [-0.2, 0) is 0 Å². The molecule has 108 valence electrons. The Labute approximate surface area is 112 Å². The highest BCUT2D eigenvalue weighted by atomic mass is 16.3. The van der Waals surface area contributed by atoms with E-state index in [1.807, 2.05) is 0 Å². The van der Waals surface area contributed by atoms with Crippen molar-refractivity contribution in [2.24, 2.45) is 0 Å². The van der Waals surface area contributed by atoms with Gasteiger partial charge in [-0.3, -0.25) is 0 Å². The molecule has 2 aliphatic heterocycles. The van der Waals surface area contributed by atoms with Gasteiger partial charge in [0.1, 0.15) is 0 Å². The summed E-state index contributed by atoms with van der Waals surface area (Å²) in [6.45, 7) is 2.98. The number of nitrogens with zero attached hydrogens (tertiary/aromatic N) is 2. The Morgan fingerprint density at radius 1 is 0.778 bits per heavy atom. The fourth-order valence-electron chi connectivity index (χ4n) is 2.75. The van der Waals surface area contributed by atoms with Gasteiger partial charge >= 0.3 is 0 Å². The minimum absolute atomic E-state index is 0.330. The molecule has 0 aromatic rings. The molecule has 1 unspecified atom stereocenters. The van der Waals surface area contributed by atoms with Gasteiger partial charge in [0.05, 0.1) is 13.2 Å². The van der Waals surface area contributed by atoms with Crippen molar-refractivity contribution < 1.29 is 10.2 Å². The van der Waals surface area contributed by atoms with Gasteiger partial charge in [0.2, 0.25) is 0 Å². The summed E-state index contributed by atoms with van der Waals surface area (Å²) in [6, 6.07) is 0.887. The summed E-state index contributed by atoms with van der Waals surface area (Å²) in [5.41, 5.74) is 0. The molecule has 4 heteroatoms. The van der Waals surface area contributed by atoms with Crippen molar-refractivity contribution in [3.8, 4) is 0 Å². The zero-order valence-corrected chi connectivity index (χ0v) is 12.0. The summed E-state index contributed by atoms with van der Waals surface area (Å²) in [5, 5.41) is 17.6. The summed E-state index contributed by atoms with van der Waals surface area (Å²) in [5.74, 6) is 0. The first-order valence-corrected chi connectivity index (χ1v) is 7.31. The Bertz CT molecular complexity index is 192. The molecule has 0 radical (unpaired) electrons. The number of rotatable bonds is 2. The van der Waals surface area contributed by atoms with E-state index in [0.29, 0.717) is 25.3 Å². The van der Waals surface area contributed by atoms with Crippen LogP contribution in [0.2, 0.25) is 0 Å². The quantitative estimate of drug-likeness (QED) is 0.773. The third kappa shape index (κ3) is 5.22. The summed E-state index contributed by atoms with van der Waals surface area (Å²) in [6.07, 6.45) is 7.52. The van der Waals surface area contributed by atoms with Crippen molar-refractivity contribution in [3.63, 3.8) is 0 Å². The third-order valence-corrected chi connectivity index (χ3v) is 4.26. The van der Waals surface area contributed by atoms with Gasteiger partial charge in [-0.15, -0.1) is 0 Å². The minimum atomic E-state index is 0.330. The molecule has 2 rings (SSSR count). The average molecular weight is 258 g/mol. The van der Waals surface area contributed by atoms with E-state index in [9.17, 15) is 0 Å². The maximum absolute atomic E-state index is 8.82. The highest BCUT2D eigenvalue weighted by molar-refractivity contribution is 4.73. The van der Waals surface area contributed by atoms with Crippen molar-refractivity contribution in [3.05, 3.63) is 0 Å². The first kappa shape index (κ1) is 15.9. The fraction of sp³-hybridized carbons (Fsp3) is 1.00. The largest absolute Gasteiger partial charge is 0.395 e. The molecule has 18 heavy (non-hydrogen) atoms. The third-order valence-electron chi connectivity index (χ3n) is 4.26. The number of likely N-dealkylation sites (tertiary alicyclic amines) is 2. The number of aliphatic hydroxyl groups is 2. The van der Waals surface area contributed by atoms with Crippen LogP contribution in [0.5, 0.6) is 0 Å². The van der Waals surface area contributed by atoms with Crippen molar-refractivity contribution in [1.82, 2.24) is 9.80 Å². The van der Waals surface area contributed by atoms with Gasteiger partial charge in [-0.1, -0.05) is 12.8 Å². The smallest absolute Gasteiger partial charge is 0.0586 e. The molecule has 2 fully saturated rings. The summed E-state index contributed by atoms with van der Waals surface area (Å²) < 4.78 is 0. The zero-order chi connectivity index (χ0) is 13.4. The number of piperidine rings is 2. The molecule has 2 heterocycles. The number of aliphatic hydroxyl groups excluding tert-OH is 2. The second kappa shape index (κ2) is 8.86. The van der Waals surface area contributed by atoms with E-state index in [1.54, 1.807) is 0 Å². The summed E-state index contributed by atoms with van der Waals surface area (Å²) in [7, 11) is 4.17. The molecule has 0 spiro atoms. The lowest BCUT2D eigenvalue weighted by atomic mass is 10.0. The predicted octanol–water partition coefficient (Wildman–Crippen LogP) is 0.926. The molecule has 2 saturated heterocycles. The minimum Gasteiger partial charge on any atom is -0.395 e. The van der Waals surface area contributed by atoms with Crippen LogP contribution in [0, 0.1) is 0 Å². The molecule has 4 nitrogen and oxygen atoms in total. The van der Waals surface area contributed by atoms with Crippen LogP contribution in [0.4, 0.5) is 0 Å². The Morgan fingerprint density at radius 3 is 1.39 bits per heavy atom. The van der Waals surface area contributed by atoms with Gasteiger partial charge < -0.3 is 20.0 Å². The molecular formula is C14H30N2O2. The highest BCUT2D eigenvalue weighted by Gasteiger charge is 2.17. The maximum Gasteiger partial charge on any atom is 0.0586 e. The average Bonchev–Trinajstić information content (AvgIpc) is 2.41. The van der Waals surface area contributed by atoms with Crippen LogP contribution in [-0.4, -0.2) is 72.5 Å². The Morgan fingerprint density at radius 2 is 1.17 bits per heavy atom. The van der Waals surface area contributed by atoms with Crippen LogP contribution in [0.3, 0.4) is 0 Å².